The van der Waals surface area contributed by atoms with Gasteiger partial charge in [0.2, 0.25) is 0 Å². The van der Waals surface area contributed by atoms with Crippen LogP contribution in [0.2, 0.25) is 0 Å². The first-order chi connectivity index (χ1) is 13.8. The highest BCUT2D eigenvalue weighted by Crippen LogP contribution is 2.21. The SMILES string of the molecule is Cc1ccc(C(=O)NC2CC2)cc1NC(=O)N(C)CC(O)COCCOC(C)C. The third-order valence-corrected chi connectivity index (χ3v) is 4.47. The van der Waals surface area contributed by atoms with E-state index in [1.54, 1.807) is 25.2 Å². The van der Waals surface area contributed by atoms with Crippen LogP contribution in [-0.2, 0) is 9.47 Å². The molecule has 0 heterocycles. The highest BCUT2D eigenvalue weighted by atomic mass is 16.5. The lowest BCUT2D eigenvalue weighted by molar-refractivity contribution is -0.0144. The fourth-order valence-electron chi connectivity index (χ4n) is 2.62. The van der Waals surface area contributed by atoms with Gasteiger partial charge < -0.3 is 30.1 Å². The molecule has 2 rings (SSSR count). The lowest BCUT2D eigenvalue weighted by Crippen LogP contribution is -2.39. The Morgan fingerprint density at radius 3 is 2.66 bits per heavy atom. The van der Waals surface area contributed by atoms with Crippen LogP contribution in [0.15, 0.2) is 18.2 Å². The van der Waals surface area contributed by atoms with Crippen molar-refractivity contribution in [2.24, 2.45) is 0 Å². The highest BCUT2D eigenvalue weighted by molar-refractivity contribution is 5.97. The fourth-order valence-corrected chi connectivity index (χ4v) is 2.62. The van der Waals surface area contributed by atoms with E-state index in [1.165, 1.54) is 4.90 Å². The number of likely N-dealkylation sites (N-methyl/N-ethyl adjacent to an activating group) is 1. The predicted molar refractivity (Wildman–Crippen MR) is 111 cm³/mol. The van der Waals surface area contributed by atoms with Crippen molar-refractivity contribution >= 4 is 17.6 Å². The van der Waals surface area contributed by atoms with E-state index in [1.807, 2.05) is 20.8 Å². The largest absolute Gasteiger partial charge is 0.389 e. The van der Waals surface area contributed by atoms with Crippen LogP contribution in [-0.4, -0.2) is 73.6 Å². The number of aliphatic hydroxyl groups is 1. The van der Waals surface area contributed by atoms with E-state index >= 15 is 0 Å². The molecule has 0 aromatic heterocycles. The number of aryl methyl sites for hydroxylation is 1. The summed E-state index contributed by atoms with van der Waals surface area (Å²) in [6, 6.07) is 5.13. The number of nitrogens with zero attached hydrogens (tertiary/aromatic N) is 1. The van der Waals surface area contributed by atoms with E-state index < -0.39 is 6.10 Å². The zero-order valence-electron chi connectivity index (χ0n) is 17.7. The maximum absolute atomic E-state index is 12.5. The van der Waals surface area contributed by atoms with Gasteiger partial charge in [-0.1, -0.05) is 6.07 Å². The van der Waals surface area contributed by atoms with Crippen molar-refractivity contribution in [1.82, 2.24) is 10.2 Å². The molecular formula is C21H33N3O5. The Morgan fingerprint density at radius 2 is 2.00 bits per heavy atom. The predicted octanol–water partition coefficient (Wildman–Crippen LogP) is 2.15. The van der Waals surface area contributed by atoms with Gasteiger partial charge in [-0.25, -0.2) is 4.79 Å². The van der Waals surface area contributed by atoms with Crippen molar-refractivity contribution in [3.8, 4) is 0 Å². The van der Waals surface area contributed by atoms with Crippen LogP contribution in [0.5, 0.6) is 0 Å². The molecule has 0 aliphatic heterocycles. The normalized spacial score (nSPS) is 14.6. The Balaban J connectivity index is 1.79. The second kappa shape index (κ2) is 11.1. The second-order valence-corrected chi connectivity index (χ2v) is 7.74. The molecule has 1 aliphatic rings. The summed E-state index contributed by atoms with van der Waals surface area (Å²) in [5, 5.41) is 15.8. The summed E-state index contributed by atoms with van der Waals surface area (Å²) in [4.78, 5) is 26.1. The number of nitrogens with one attached hydrogen (secondary N) is 2. The van der Waals surface area contributed by atoms with Crippen molar-refractivity contribution in [3.63, 3.8) is 0 Å². The molecule has 3 N–H and O–H groups in total. The van der Waals surface area contributed by atoms with E-state index in [0.29, 0.717) is 24.5 Å². The van der Waals surface area contributed by atoms with Gasteiger partial charge in [-0.15, -0.1) is 0 Å². The van der Waals surface area contributed by atoms with E-state index in [2.05, 4.69) is 10.6 Å². The number of amides is 3. The molecule has 1 atom stereocenters. The van der Waals surface area contributed by atoms with Crippen molar-refractivity contribution in [1.29, 1.82) is 0 Å². The number of benzene rings is 1. The molecule has 8 heteroatoms. The van der Waals surface area contributed by atoms with Crippen LogP contribution in [0.1, 0.15) is 42.6 Å². The Labute approximate surface area is 172 Å². The monoisotopic (exact) mass is 407 g/mol. The summed E-state index contributed by atoms with van der Waals surface area (Å²) in [5.74, 6) is -0.134. The molecule has 29 heavy (non-hydrogen) atoms. The number of anilines is 1. The number of rotatable bonds is 11. The van der Waals surface area contributed by atoms with E-state index in [0.717, 1.165) is 18.4 Å². The molecule has 162 valence electrons. The minimum absolute atomic E-state index is 0.120. The van der Waals surface area contributed by atoms with Crippen molar-refractivity contribution < 1.29 is 24.2 Å². The summed E-state index contributed by atoms with van der Waals surface area (Å²) >= 11 is 0. The molecule has 1 unspecified atom stereocenters. The highest BCUT2D eigenvalue weighted by Gasteiger charge is 2.24. The molecule has 8 nitrogen and oxygen atoms in total. The maximum Gasteiger partial charge on any atom is 0.321 e. The van der Waals surface area contributed by atoms with Crippen molar-refractivity contribution in [3.05, 3.63) is 29.3 Å². The summed E-state index contributed by atoms with van der Waals surface area (Å²) in [7, 11) is 1.60. The minimum atomic E-state index is -0.804. The first-order valence-corrected chi connectivity index (χ1v) is 10.1. The van der Waals surface area contributed by atoms with Gasteiger partial charge >= 0.3 is 6.03 Å². The van der Waals surface area contributed by atoms with E-state index in [-0.39, 0.29) is 37.2 Å². The molecule has 3 amide bonds. The molecule has 1 aliphatic carbocycles. The quantitative estimate of drug-likeness (QED) is 0.488. The minimum Gasteiger partial charge on any atom is -0.389 e. The summed E-state index contributed by atoms with van der Waals surface area (Å²) in [6.07, 6.45) is 1.37. The third-order valence-electron chi connectivity index (χ3n) is 4.47. The average Bonchev–Trinajstić information content (AvgIpc) is 3.46. The van der Waals surface area contributed by atoms with Crippen LogP contribution in [0.4, 0.5) is 10.5 Å². The number of hydrogen-bond acceptors (Lipinski definition) is 5. The van der Waals surface area contributed by atoms with Gasteiger partial charge in [0.25, 0.3) is 5.91 Å². The molecule has 1 aromatic carbocycles. The number of aliphatic hydroxyl groups excluding tert-OH is 1. The summed E-state index contributed by atoms with van der Waals surface area (Å²) in [5.41, 5.74) is 1.93. The Morgan fingerprint density at radius 1 is 1.28 bits per heavy atom. The van der Waals surface area contributed by atoms with Crippen LogP contribution in [0, 0.1) is 6.92 Å². The molecular weight excluding hydrogens is 374 g/mol. The van der Waals surface area contributed by atoms with E-state index in [9.17, 15) is 14.7 Å². The van der Waals surface area contributed by atoms with Gasteiger partial charge in [0.1, 0.15) is 0 Å². The standard InChI is InChI=1S/C21H33N3O5/c1-14(2)29-10-9-28-13-18(25)12-24(4)21(27)23-19-11-16(6-5-15(19)3)20(26)22-17-7-8-17/h5-6,11,14,17-18,25H,7-10,12-13H2,1-4H3,(H,22,26)(H,23,27). The Bertz CT molecular complexity index is 691. The third kappa shape index (κ3) is 8.39. The summed E-state index contributed by atoms with van der Waals surface area (Å²) < 4.78 is 10.7. The fraction of sp³-hybridized carbons (Fsp3) is 0.619. The zero-order valence-corrected chi connectivity index (χ0v) is 17.7. The molecule has 1 saturated carbocycles. The van der Waals surface area contributed by atoms with Crippen molar-refractivity contribution in [2.75, 3.05) is 38.7 Å². The van der Waals surface area contributed by atoms with Gasteiger partial charge in [-0.3, -0.25) is 4.79 Å². The van der Waals surface area contributed by atoms with Gasteiger partial charge in [-0.2, -0.15) is 0 Å². The number of ether oxygens (including phenoxy) is 2. The first-order valence-electron chi connectivity index (χ1n) is 10.1. The van der Waals surface area contributed by atoms with Crippen LogP contribution < -0.4 is 10.6 Å². The average molecular weight is 408 g/mol. The first kappa shape index (κ1) is 23.1. The maximum atomic E-state index is 12.5. The molecule has 0 saturated heterocycles. The number of urea groups is 1. The lowest BCUT2D eigenvalue weighted by atomic mass is 10.1. The van der Waals surface area contributed by atoms with Gasteiger partial charge in [0, 0.05) is 24.3 Å². The second-order valence-electron chi connectivity index (χ2n) is 7.74. The van der Waals surface area contributed by atoms with Gasteiger partial charge in [0.15, 0.2) is 0 Å². The van der Waals surface area contributed by atoms with Crippen LogP contribution in [0.3, 0.4) is 0 Å². The number of hydrogen-bond donors (Lipinski definition) is 3. The van der Waals surface area contributed by atoms with Crippen LogP contribution in [0.25, 0.3) is 0 Å². The molecule has 1 aromatic rings. The Hall–Kier alpha value is -2.16. The Kier molecular flexibility index (Phi) is 8.88. The zero-order chi connectivity index (χ0) is 21.4. The van der Waals surface area contributed by atoms with Gasteiger partial charge in [-0.05, 0) is 51.3 Å². The topological polar surface area (TPSA) is 100 Å². The van der Waals surface area contributed by atoms with E-state index in [4.69, 9.17) is 9.47 Å². The number of carbonyl (C=O) groups is 2. The molecule has 0 radical (unpaired) electrons. The lowest BCUT2D eigenvalue weighted by Gasteiger charge is -2.22. The van der Waals surface area contributed by atoms with Crippen LogP contribution >= 0.6 is 0 Å². The smallest absolute Gasteiger partial charge is 0.321 e. The molecule has 0 spiro atoms. The molecule has 1 fully saturated rings. The summed E-state index contributed by atoms with van der Waals surface area (Å²) in [6.45, 7) is 6.84. The number of carbonyl (C=O) groups excluding carboxylic acids is 2. The van der Waals surface area contributed by atoms with Crippen molar-refractivity contribution in [2.45, 2.75) is 51.9 Å². The van der Waals surface area contributed by atoms with Gasteiger partial charge in [0.05, 0.1) is 38.6 Å². The molecule has 0 bridgehead atoms.